The van der Waals surface area contributed by atoms with Crippen LogP contribution in [0.25, 0.3) is 0 Å². The topological polar surface area (TPSA) is 63.8 Å². The highest BCUT2D eigenvalue weighted by Crippen LogP contribution is 2.06. The van der Waals surface area contributed by atoms with Crippen molar-refractivity contribution in [2.45, 2.75) is 26.8 Å². The Hall–Kier alpha value is -1.00. The number of hydrogen-bond acceptors (Lipinski definition) is 4. The van der Waals surface area contributed by atoms with Crippen molar-refractivity contribution in [1.29, 1.82) is 0 Å². The van der Waals surface area contributed by atoms with Gasteiger partial charge in [0.1, 0.15) is 0 Å². The number of nitrogens with two attached hydrogens (primary N) is 1. The zero-order valence-electron chi connectivity index (χ0n) is 8.88. The van der Waals surface area contributed by atoms with Gasteiger partial charge in [0.25, 0.3) is 0 Å². The van der Waals surface area contributed by atoms with E-state index in [2.05, 4.69) is 28.5 Å². The van der Waals surface area contributed by atoms with Crippen LogP contribution in [-0.2, 0) is 13.0 Å². The third kappa shape index (κ3) is 3.05. The Morgan fingerprint density at radius 1 is 1.43 bits per heavy atom. The number of nitrogens with zero attached hydrogens (tertiary/aromatic N) is 2. The number of aryl methyl sites for hydroxylation is 2. The fraction of sp³-hybridized carbons (Fsp3) is 0.600. The molecule has 1 rings (SSSR count). The van der Waals surface area contributed by atoms with Gasteiger partial charge in [-0.3, -0.25) is 0 Å². The molecule has 0 saturated carbocycles. The van der Waals surface area contributed by atoms with E-state index < -0.39 is 0 Å². The van der Waals surface area contributed by atoms with Gasteiger partial charge in [-0.25, -0.2) is 0 Å². The largest absolute Gasteiger partial charge is 0.329 e. The van der Waals surface area contributed by atoms with Gasteiger partial charge in [-0.15, -0.1) is 0 Å². The van der Waals surface area contributed by atoms with E-state index in [1.165, 1.54) is 5.56 Å². The summed E-state index contributed by atoms with van der Waals surface area (Å²) in [6.45, 7) is 6.38. The van der Waals surface area contributed by atoms with Gasteiger partial charge in [-0.1, -0.05) is 6.92 Å². The molecule has 0 aliphatic rings. The van der Waals surface area contributed by atoms with Crippen molar-refractivity contribution in [1.82, 2.24) is 15.5 Å². The highest BCUT2D eigenvalue weighted by Gasteiger charge is 2.02. The molecular weight excluding hydrogens is 176 g/mol. The molecular formula is C10H18N4. The fourth-order valence-corrected chi connectivity index (χ4v) is 1.34. The van der Waals surface area contributed by atoms with E-state index in [4.69, 9.17) is 5.73 Å². The summed E-state index contributed by atoms with van der Waals surface area (Å²) < 4.78 is 0. The van der Waals surface area contributed by atoms with Crippen molar-refractivity contribution in [3.8, 4) is 0 Å². The molecule has 14 heavy (non-hydrogen) atoms. The second-order valence-corrected chi connectivity index (χ2v) is 3.28. The predicted octanol–water partition coefficient (Wildman–Crippen LogP) is 0.396. The molecule has 0 aliphatic heterocycles. The monoisotopic (exact) mass is 194 g/mol. The number of hydrogen-bond donors (Lipinski definition) is 2. The summed E-state index contributed by atoms with van der Waals surface area (Å²) >= 11 is 0. The smallest absolute Gasteiger partial charge is 0.0673 e. The summed E-state index contributed by atoms with van der Waals surface area (Å²) in [6.07, 6.45) is 0.924. The van der Waals surface area contributed by atoms with E-state index in [0.29, 0.717) is 6.54 Å². The summed E-state index contributed by atoms with van der Waals surface area (Å²) in [5.74, 6) is 0. The van der Waals surface area contributed by atoms with Crippen LogP contribution in [0.15, 0.2) is 6.07 Å². The maximum atomic E-state index is 5.40. The molecule has 0 aliphatic carbocycles. The Morgan fingerprint density at radius 2 is 2.21 bits per heavy atom. The summed E-state index contributed by atoms with van der Waals surface area (Å²) in [5, 5.41) is 11.5. The maximum absolute atomic E-state index is 5.40. The van der Waals surface area contributed by atoms with Crippen molar-refractivity contribution in [3.05, 3.63) is 23.0 Å². The first kappa shape index (κ1) is 11.1. The average molecular weight is 194 g/mol. The Bertz CT molecular complexity index is 285. The molecule has 1 aromatic rings. The van der Waals surface area contributed by atoms with Crippen molar-refractivity contribution >= 4 is 0 Å². The van der Waals surface area contributed by atoms with Gasteiger partial charge in [0.05, 0.1) is 11.4 Å². The highest BCUT2D eigenvalue weighted by atomic mass is 15.1. The molecule has 0 amide bonds. The first-order valence-corrected chi connectivity index (χ1v) is 5.00. The molecule has 0 radical (unpaired) electrons. The lowest BCUT2D eigenvalue weighted by Crippen LogP contribution is -2.22. The molecule has 0 aromatic carbocycles. The van der Waals surface area contributed by atoms with E-state index >= 15 is 0 Å². The molecule has 1 aromatic heterocycles. The third-order valence-corrected chi connectivity index (χ3v) is 2.05. The second kappa shape index (κ2) is 5.67. The molecule has 0 saturated heterocycles. The van der Waals surface area contributed by atoms with Crippen LogP contribution in [0.2, 0.25) is 0 Å². The van der Waals surface area contributed by atoms with Gasteiger partial charge in [-0.2, -0.15) is 10.2 Å². The van der Waals surface area contributed by atoms with Gasteiger partial charge in [0, 0.05) is 19.6 Å². The maximum Gasteiger partial charge on any atom is 0.0673 e. The van der Waals surface area contributed by atoms with Crippen LogP contribution in [0.4, 0.5) is 0 Å². The molecule has 1 heterocycles. The van der Waals surface area contributed by atoms with Gasteiger partial charge < -0.3 is 11.1 Å². The van der Waals surface area contributed by atoms with Crippen LogP contribution in [0.1, 0.15) is 23.9 Å². The minimum Gasteiger partial charge on any atom is -0.329 e. The van der Waals surface area contributed by atoms with Crippen molar-refractivity contribution < 1.29 is 0 Å². The van der Waals surface area contributed by atoms with Crippen LogP contribution in [0, 0.1) is 6.92 Å². The molecule has 0 spiro atoms. The molecule has 0 bridgehead atoms. The lowest BCUT2D eigenvalue weighted by molar-refractivity contribution is 0.680. The summed E-state index contributed by atoms with van der Waals surface area (Å²) in [6, 6.07) is 2.08. The second-order valence-electron chi connectivity index (χ2n) is 3.28. The Balaban J connectivity index is 2.67. The molecule has 4 nitrogen and oxygen atoms in total. The van der Waals surface area contributed by atoms with Gasteiger partial charge in [0.15, 0.2) is 0 Å². The van der Waals surface area contributed by atoms with E-state index in [-0.39, 0.29) is 0 Å². The first-order valence-electron chi connectivity index (χ1n) is 5.00. The molecule has 3 N–H and O–H groups in total. The summed E-state index contributed by atoms with van der Waals surface area (Å²) in [5.41, 5.74) is 8.67. The number of aromatic nitrogens is 2. The molecule has 0 unspecified atom stereocenters. The molecule has 4 heteroatoms. The molecule has 78 valence electrons. The van der Waals surface area contributed by atoms with E-state index in [0.717, 1.165) is 30.9 Å². The molecule has 0 atom stereocenters. The summed E-state index contributed by atoms with van der Waals surface area (Å²) in [7, 11) is 0. The zero-order chi connectivity index (χ0) is 10.4. The lowest BCUT2D eigenvalue weighted by atomic mass is 10.1. The van der Waals surface area contributed by atoms with E-state index in [1.807, 2.05) is 6.92 Å². The standard InChI is InChI=1S/C10H18N4/c1-3-10-9(7-12-5-4-11)6-8(2)13-14-10/h6,12H,3-5,7,11H2,1-2H3. The quantitative estimate of drug-likeness (QED) is 0.666. The third-order valence-electron chi connectivity index (χ3n) is 2.05. The van der Waals surface area contributed by atoms with Gasteiger partial charge in [-0.05, 0) is 25.0 Å². The van der Waals surface area contributed by atoms with Crippen LogP contribution in [-0.4, -0.2) is 23.3 Å². The lowest BCUT2D eigenvalue weighted by Gasteiger charge is -2.07. The van der Waals surface area contributed by atoms with Crippen LogP contribution in [0.5, 0.6) is 0 Å². The van der Waals surface area contributed by atoms with Crippen molar-refractivity contribution in [2.24, 2.45) is 5.73 Å². The minimum atomic E-state index is 0.666. The minimum absolute atomic E-state index is 0.666. The van der Waals surface area contributed by atoms with Gasteiger partial charge >= 0.3 is 0 Å². The number of nitrogens with one attached hydrogen (secondary N) is 1. The van der Waals surface area contributed by atoms with Crippen LogP contribution >= 0.6 is 0 Å². The summed E-state index contributed by atoms with van der Waals surface area (Å²) in [4.78, 5) is 0. The Kier molecular flexibility index (Phi) is 4.49. The highest BCUT2D eigenvalue weighted by molar-refractivity contribution is 5.20. The zero-order valence-corrected chi connectivity index (χ0v) is 8.88. The SMILES string of the molecule is CCc1nnc(C)cc1CNCCN. The van der Waals surface area contributed by atoms with Crippen LogP contribution < -0.4 is 11.1 Å². The van der Waals surface area contributed by atoms with Gasteiger partial charge in [0.2, 0.25) is 0 Å². The fourth-order valence-electron chi connectivity index (χ4n) is 1.34. The van der Waals surface area contributed by atoms with Crippen LogP contribution in [0.3, 0.4) is 0 Å². The first-order chi connectivity index (χ1) is 6.77. The van der Waals surface area contributed by atoms with Crippen molar-refractivity contribution in [2.75, 3.05) is 13.1 Å². The number of rotatable bonds is 5. The Morgan fingerprint density at radius 3 is 2.86 bits per heavy atom. The normalized spacial score (nSPS) is 10.5. The Labute approximate surface area is 84.9 Å². The average Bonchev–Trinajstić information content (AvgIpc) is 2.19. The van der Waals surface area contributed by atoms with E-state index in [1.54, 1.807) is 0 Å². The molecule has 0 fully saturated rings. The van der Waals surface area contributed by atoms with Crippen molar-refractivity contribution in [3.63, 3.8) is 0 Å². The predicted molar refractivity (Wildman–Crippen MR) is 56.9 cm³/mol. The van der Waals surface area contributed by atoms with E-state index in [9.17, 15) is 0 Å².